The van der Waals surface area contributed by atoms with Gasteiger partial charge in [0.2, 0.25) is 5.91 Å². The molecule has 0 saturated carbocycles. The van der Waals surface area contributed by atoms with Crippen LogP contribution in [0.25, 0.3) is 0 Å². The average Bonchev–Trinajstić information content (AvgIpc) is 3.25. The lowest BCUT2D eigenvalue weighted by atomic mass is 10.2. The summed E-state index contributed by atoms with van der Waals surface area (Å²) < 4.78 is 5.27. The Morgan fingerprint density at radius 1 is 1.43 bits per heavy atom. The Kier molecular flexibility index (Phi) is 4.66. The third-order valence-electron chi connectivity index (χ3n) is 3.69. The van der Waals surface area contributed by atoms with Crippen molar-refractivity contribution in [2.24, 2.45) is 0 Å². The van der Waals surface area contributed by atoms with Gasteiger partial charge >= 0.3 is 0 Å². The number of aromatic nitrogens is 1. The van der Waals surface area contributed by atoms with Gasteiger partial charge in [-0.25, -0.2) is 0 Å². The normalized spacial score (nSPS) is 17.3. The van der Waals surface area contributed by atoms with E-state index < -0.39 is 6.04 Å². The zero-order valence-corrected chi connectivity index (χ0v) is 13.5. The van der Waals surface area contributed by atoms with Gasteiger partial charge in [0.25, 0.3) is 5.91 Å². The molecule has 1 aliphatic rings. The van der Waals surface area contributed by atoms with E-state index in [9.17, 15) is 9.59 Å². The molecule has 0 N–H and O–H groups in total. The van der Waals surface area contributed by atoms with Crippen molar-refractivity contribution in [3.8, 4) is 0 Å². The van der Waals surface area contributed by atoms with Crippen molar-refractivity contribution in [2.45, 2.75) is 12.6 Å². The number of amides is 2. The van der Waals surface area contributed by atoms with Crippen molar-refractivity contribution < 1.29 is 14.0 Å². The second kappa shape index (κ2) is 6.87. The number of carbonyl (C=O) groups is 2. The molecule has 23 heavy (non-hydrogen) atoms. The SMILES string of the molecule is CN(Cc1ccco1)C(=O)[C@@H]1CSCN1C(=O)c1cccnc1. The van der Waals surface area contributed by atoms with Gasteiger partial charge in [-0.15, -0.1) is 11.8 Å². The quantitative estimate of drug-likeness (QED) is 0.855. The Bertz CT molecular complexity index is 675. The molecule has 2 aromatic heterocycles. The number of hydrogen-bond acceptors (Lipinski definition) is 5. The molecule has 0 bridgehead atoms. The predicted molar refractivity (Wildman–Crippen MR) is 86.7 cm³/mol. The second-order valence-electron chi connectivity index (χ2n) is 5.31. The number of likely N-dealkylation sites (N-methyl/N-ethyl adjacent to an activating group) is 1. The summed E-state index contributed by atoms with van der Waals surface area (Å²) in [5.74, 6) is 1.60. The highest BCUT2D eigenvalue weighted by atomic mass is 32.2. The minimum absolute atomic E-state index is 0.0800. The Labute approximate surface area is 138 Å². The Hall–Kier alpha value is -2.28. The van der Waals surface area contributed by atoms with Gasteiger partial charge in [-0.2, -0.15) is 0 Å². The molecule has 2 amide bonds. The van der Waals surface area contributed by atoms with Crippen molar-refractivity contribution in [3.63, 3.8) is 0 Å². The Balaban J connectivity index is 1.70. The number of hydrogen-bond donors (Lipinski definition) is 0. The van der Waals surface area contributed by atoms with E-state index in [-0.39, 0.29) is 11.8 Å². The largest absolute Gasteiger partial charge is 0.467 e. The lowest BCUT2D eigenvalue weighted by Crippen LogP contribution is -2.47. The third kappa shape index (κ3) is 3.39. The maximum atomic E-state index is 12.7. The Morgan fingerprint density at radius 2 is 2.30 bits per heavy atom. The van der Waals surface area contributed by atoms with Crippen LogP contribution in [0, 0.1) is 0 Å². The summed E-state index contributed by atoms with van der Waals surface area (Å²) in [5, 5.41) is 0. The standard InChI is InChI=1S/C16H17N3O3S/c1-18(9-13-5-3-7-22-13)16(21)14-10-23-11-19(14)15(20)12-4-2-6-17-8-12/h2-8,14H,9-11H2,1H3/t14-/m0/s1. The van der Waals surface area contributed by atoms with Gasteiger partial charge in [-0.3, -0.25) is 14.6 Å². The fourth-order valence-corrected chi connectivity index (χ4v) is 3.62. The van der Waals surface area contributed by atoms with E-state index in [1.54, 1.807) is 59.3 Å². The van der Waals surface area contributed by atoms with Crippen LogP contribution in [0.15, 0.2) is 47.3 Å². The van der Waals surface area contributed by atoms with Gasteiger partial charge in [-0.1, -0.05) is 0 Å². The monoisotopic (exact) mass is 331 g/mol. The number of pyridine rings is 1. The maximum Gasteiger partial charge on any atom is 0.256 e. The van der Waals surface area contributed by atoms with Gasteiger partial charge in [0, 0.05) is 25.2 Å². The third-order valence-corrected chi connectivity index (χ3v) is 4.70. The van der Waals surface area contributed by atoms with Crippen molar-refractivity contribution in [2.75, 3.05) is 18.7 Å². The summed E-state index contributed by atoms with van der Waals surface area (Å²) in [6.45, 7) is 0.391. The molecule has 1 atom stereocenters. The molecule has 0 aromatic carbocycles. The molecule has 3 heterocycles. The van der Waals surface area contributed by atoms with Crippen LogP contribution in [0.5, 0.6) is 0 Å². The van der Waals surface area contributed by atoms with E-state index in [4.69, 9.17) is 4.42 Å². The number of rotatable bonds is 4. The van der Waals surface area contributed by atoms with E-state index in [0.717, 1.165) is 5.76 Å². The van der Waals surface area contributed by atoms with E-state index in [1.165, 1.54) is 6.20 Å². The fraction of sp³-hybridized carbons (Fsp3) is 0.312. The van der Waals surface area contributed by atoms with Crippen LogP contribution in [0.2, 0.25) is 0 Å². The van der Waals surface area contributed by atoms with Gasteiger partial charge in [-0.05, 0) is 24.3 Å². The molecule has 2 aromatic rings. The summed E-state index contributed by atoms with van der Waals surface area (Å²) in [6.07, 6.45) is 4.73. The van der Waals surface area contributed by atoms with Crippen molar-refractivity contribution in [1.29, 1.82) is 0 Å². The van der Waals surface area contributed by atoms with Crippen LogP contribution >= 0.6 is 11.8 Å². The van der Waals surface area contributed by atoms with Crippen LogP contribution in [-0.4, -0.2) is 51.3 Å². The molecule has 1 saturated heterocycles. The van der Waals surface area contributed by atoms with E-state index in [0.29, 0.717) is 23.7 Å². The van der Waals surface area contributed by atoms with E-state index >= 15 is 0 Å². The number of furan rings is 1. The summed E-state index contributed by atoms with van der Waals surface area (Å²) >= 11 is 1.58. The zero-order chi connectivity index (χ0) is 16.2. The highest BCUT2D eigenvalue weighted by Gasteiger charge is 2.36. The highest BCUT2D eigenvalue weighted by molar-refractivity contribution is 7.99. The van der Waals surface area contributed by atoms with Gasteiger partial charge in [0.05, 0.1) is 24.2 Å². The Morgan fingerprint density at radius 3 is 3.00 bits per heavy atom. The van der Waals surface area contributed by atoms with Gasteiger partial charge in [0.1, 0.15) is 11.8 Å². The van der Waals surface area contributed by atoms with Crippen molar-refractivity contribution in [1.82, 2.24) is 14.8 Å². The summed E-state index contributed by atoms with van der Waals surface area (Å²) in [5.41, 5.74) is 0.501. The van der Waals surface area contributed by atoms with Crippen LogP contribution in [0.4, 0.5) is 0 Å². The van der Waals surface area contributed by atoms with E-state index in [1.807, 2.05) is 6.07 Å². The number of nitrogens with zero attached hydrogens (tertiary/aromatic N) is 3. The van der Waals surface area contributed by atoms with Gasteiger partial charge < -0.3 is 14.2 Å². The zero-order valence-electron chi connectivity index (χ0n) is 12.7. The minimum atomic E-state index is -0.451. The smallest absolute Gasteiger partial charge is 0.256 e. The first-order valence-corrected chi connectivity index (χ1v) is 8.38. The molecular formula is C16H17N3O3S. The first kappa shape index (κ1) is 15.6. The lowest BCUT2D eigenvalue weighted by Gasteiger charge is -2.27. The topological polar surface area (TPSA) is 66.7 Å². The molecule has 7 heteroatoms. The molecule has 0 spiro atoms. The summed E-state index contributed by atoms with van der Waals surface area (Å²) in [7, 11) is 1.72. The van der Waals surface area contributed by atoms with Gasteiger partial charge in [0.15, 0.2) is 0 Å². The highest BCUT2D eigenvalue weighted by Crippen LogP contribution is 2.24. The van der Waals surface area contributed by atoms with Crippen LogP contribution in [-0.2, 0) is 11.3 Å². The van der Waals surface area contributed by atoms with Crippen LogP contribution in [0.1, 0.15) is 16.1 Å². The van der Waals surface area contributed by atoms with E-state index in [2.05, 4.69) is 4.98 Å². The lowest BCUT2D eigenvalue weighted by molar-refractivity contribution is -0.134. The first-order valence-electron chi connectivity index (χ1n) is 7.23. The van der Waals surface area contributed by atoms with Crippen molar-refractivity contribution in [3.05, 3.63) is 54.2 Å². The molecule has 3 rings (SSSR count). The fourth-order valence-electron chi connectivity index (χ4n) is 2.47. The first-order chi connectivity index (χ1) is 11.2. The molecule has 6 nitrogen and oxygen atoms in total. The molecule has 120 valence electrons. The average molecular weight is 331 g/mol. The molecule has 0 radical (unpaired) electrons. The maximum absolute atomic E-state index is 12.7. The minimum Gasteiger partial charge on any atom is -0.467 e. The molecule has 1 fully saturated rings. The second-order valence-corrected chi connectivity index (χ2v) is 6.31. The molecule has 0 unspecified atom stereocenters. The van der Waals surface area contributed by atoms with Crippen LogP contribution in [0.3, 0.4) is 0 Å². The number of carbonyl (C=O) groups excluding carboxylic acids is 2. The number of thioether (sulfide) groups is 1. The van der Waals surface area contributed by atoms with Crippen LogP contribution < -0.4 is 0 Å². The predicted octanol–water partition coefficient (Wildman–Crippen LogP) is 1.85. The summed E-state index contributed by atoms with van der Waals surface area (Å²) in [4.78, 5) is 32.4. The van der Waals surface area contributed by atoms with Crippen molar-refractivity contribution >= 4 is 23.6 Å². The molecule has 0 aliphatic carbocycles. The summed E-state index contributed by atoms with van der Waals surface area (Å²) in [6, 6.07) is 6.60. The molecular weight excluding hydrogens is 314 g/mol. The molecule has 1 aliphatic heterocycles.